The molecule has 1 atom stereocenters. The molecule has 70 valence electrons. The highest BCUT2D eigenvalue weighted by molar-refractivity contribution is 4.89. The lowest BCUT2D eigenvalue weighted by atomic mass is 9.79. The van der Waals surface area contributed by atoms with E-state index in [2.05, 4.69) is 0 Å². The topological polar surface area (TPSA) is 29.5 Å². The first-order valence-corrected chi connectivity index (χ1v) is 5.13. The molecule has 1 N–H and O–H groups in total. The van der Waals surface area contributed by atoms with Crippen molar-refractivity contribution in [1.29, 1.82) is 0 Å². The van der Waals surface area contributed by atoms with E-state index in [0.29, 0.717) is 0 Å². The zero-order valence-corrected chi connectivity index (χ0v) is 7.59. The van der Waals surface area contributed by atoms with Gasteiger partial charge in [0.2, 0.25) is 0 Å². The maximum absolute atomic E-state index is 9.55. The molecule has 1 saturated carbocycles. The Kier molecular flexibility index (Phi) is 2.37. The molecule has 2 aliphatic rings. The van der Waals surface area contributed by atoms with Crippen LogP contribution in [0.15, 0.2) is 0 Å². The summed E-state index contributed by atoms with van der Waals surface area (Å²) < 4.78 is 5.82. The van der Waals surface area contributed by atoms with Crippen LogP contribution < -0.4 is 0 Å². The highest BCUT2D eigenvalue weighted by Gasteiger charge is 2.37. The number of aliphatic hydroxyl groups excluding tert-OH is 1. The van der Waals surface area contributed by atoms with Gasteiger partial charge in [-0.2, -0.15) is 0 Å². The summed E-state index contributed by atoms with van der Waals surface area (Å²) in [6.45, 7) is 0.765. The van der Waals surface area contributed by atoms with Gasteiger partial charge in [0.1, 0.15) is 0 Å². The van der Waals surface area contributed by atoms with Crippen molar-refractivity contribution < 1.29 is 9.84 Å². The average molecular weight is 170 g/mol. The van der Waals surface area contributed by atoms with Gasteiger partial charge in [-0.15, -0.1) is 0 Å². The third-order valence-electron chi connectivity index (χ3n) is 3.23. The Hall–Kier alpha value is -0.0800. The van der Waals surface area contributed by atoms with Crippen LogP contribution in [-0.2, 0) is 4.74 Å². The second-order valence-corrected chi connectivity index (χ2v) is 4.24. The Labute approximate surface area is 73.9 Å². The lowest BCUT2D eigenvalue weighted by molar-refractivity contribution is -0.134. The fourth-order valence-corrected chi connectivity index (χ4v) is 2.55. The van der Waals surface area contributed by atoms with Crippen molar-refractivity contribution in [2.75, 3.05) is 6.61 Å². The summed E-state index contributed by atoms with van der Waals surface area (Å²) in [6.07, 6.45) is 7.88. The fourth-order valence-electron chi connectivity index (χ4n) is 2.55. The van der Waals surface area contributed by atoms with Crippen LogP contribution in [0.2, 0.25) is 0 Å². The van der Waals surface area contributed by atoms with Gasteiger partial charge < -0.3 is 9.84 Å². The molecule has 1 aliphatic carbocycles. The summed E-state index contributed by atoms with van der Waals surface area (Å²) in [4.78, 5) is 0. The Morgan fingerprint density at radius 3 is 2.58 bits per heavy atom. The molecule has 2 nitrogen and oxygen atoms in total. The van der Waals surface area contributed by atoms with E-state index in [4.69, 9.17) is 4.74 Å². The smallest absolute Gasteiger partial charge is 0.0707 e. The van der Waals surface area contributed by atoms with E-state index in [1.165, 1.54) is 32.1 Å². The molecule has 1 spiro atoms. The molecule has 0 aromatic carbocycles. The van der Waals surface area contributed by atoms with Gasteiger partial charge in [0.25, 0.3) is 0 Å². The molecule has 1 saturated heterocycles. The first-order valence-electron chi connectivity index (χ1n) is 5.13. The van der Waals surface area contributed by atoms with Crippen LogP contribution in [0.3, 0.4) is 0 Å². The molecule has 1 heterocycles. The minimum Gasteiger partial charge on any atom is -0.393 e. The van der Waals surface area contributed by atoms with E-state index in [-0.39, 0.29) is 11.7 Å². The summed E-state index contributed by atoms with van der Waals surface area (Å²) in [5, 5.41) is 9.55. The maximum Gasteiger partial charge on any atom is 0.0707 e. The summed E-state index contributed by atoms with van der Waals surface area (Å²) in [5.41, 5.74) is 0.0793. The minimum absolute atomic E-state index is 0.0793. The summed E-state index contributed by atoms with van der Waals surface area (Å²) in [6, 6.07) is 0. The number of hydrogen-bond acceptors (Lipinski definition) is 2. The van der Waals surface area contributed by atoms with E-state index in [1.54, 1.807) is 0 Å². The van der Waals surface area contributed by atoms with E-state index in [0.717, 1.165) is 19.4 Å². The molecule has 0 aromatic rings. The van der Waals surface area contributed by atoms with E-state index >= 15 is 0 Å². The minimum atomic E-state index is -0.100. The summed E-state index contributed by atoms with van der Waals surface area (Å²) in [7, 11) is 0. The lowest BCUT2D eigenvalue weighted by Gasteiger charge is -2.42. The van der Waals surface area contributed by atoms with Gasteiger partial charge in [-0.25, -0.2) is 0 Å². The quantitative estimate of drug-likeness (QED) is 0.601. The monoisotopic (exact) mass is 170 g/mol. The van der Waals surface area contributed by atoms with Crippen LogP contribution in [0.25, 0.3) is 0 Å². The van der Waals surface area contributed by atoms with Crippen LogP contribution in [0.5, 0.6) is 0 Å². The average Bonchev–Trinajstić information content (AvgIpc) is 2.05. The largest absolute Gasteiger partial charge is 0.393 e. The predicted molar refractivity (Wildman–Crippen MR) is 47.0 cm³/mol. The molecular formula is C10H18O2. The molecule has 2 heteroatoms. The second-order valence-electron chi connectivity index (χ2n) is 4.24. The van der Waals surface area contributed by atoms with Gasteiger partial charge in [0.05, 0.1) is 11.7 Å². The number of rotatable bonds is 0. The molecule has 2 rings (SSSR count). The van der Waals surface area contributed by atoms with E-state index < -0.39 is 0 Å². The number of hydrogen-bond donors (Lipinski definition) is 1. The van der Waals surface area contributed by atoms with Crippen molar-refractivity contribution in [3.05, 3.63) is 0 Å². The molecule has 0 bridgehead atoms. The molecule has 12 heavy (non-hydrogen) atoms. The predicted octanol–water partition coefficient (Wildman–Crippen LogP) is 1.86. The number of ether oxygens (including phenoxy) is 1. The van der Waals surface area contributed by atoms with Crippen molar-refractivity contribution in [3.8, 4) is 0 Å². The first kappa shape index (κ1) is 8.52. The van der Waals surface area contributed by atoms with Crippen LogP contribution >= 0.6 is 0 Å². The van der Waals surface area contributed by atoms with E-state index in [9.17, 15) is 5.11 Å². The van der Waals surface area contributed by atoms with Crippen molar-refractivity contribution in [2.45, 2.75) is 56.7 Å². The molecule has 0 amide bonds. The van der Waals surface area contributed by atoms with Crippen molar-refractivity contribution in [3.63, 3.8) is 0 Å². The van der Waals surface area contributed by atoms with Gasteiger partial charge in [0, 0.05) is 13.0 Å². The standard InChI is InChI=1S/C10H18O2/c11-9-4-7-12-10(8-9)5-2-1-3-6-10/h9,11H,1-8H2/t9-/m0/s1. The SMILES string of the molecule is O[C@H]1CCOC2(CCCCC2)C1. The van der Waals surface area contributed by atoms with Crippen LogP contribution in [0, 0.1) is 0 Å². The van der Waals surface area contributed by atoms with Gasteiger partial charge >= 0.3 is 0 Å². The third kappa shape index (κ3) is 1.64. The van der Waals surface area contributed by atoms with E-state index in [1.807, 2.05) is 0 Å². The molecule has 2 fully saturated rings. The summed E-state index contributed by atoms with van der Waals surface area (Å²) >= 11 is 0. The zero-order valence-electron chi connectivity index (χ0n) is 7.59. The van der Waals surface area contributed by atoms with Crippen LogP contribution in [0.1, 0.15) is 44.9 Å². The molecule has 0 unspecified atom stereocenters. The Morgan fingerprint density at radius 1 is 1.17 bits per heavy atom. The molecular weight excluding hydrogens is 152 g/mol. The lowest BCUT2D eigenvalue weighted by Crippen LogP contribution is -2.43. The van der Waals surface area contributed by atoms with Gasteiger partial charge in [-0.3, -0.25) is 0 Å². The van der Waals surface area contributed by atoms with Crippen molar-refractivity contribution in [1.82, 2.24) is 0 Å². The zero-order chi connectivity index (χ0) is 8.44. The van der Waals surface area contributed by atoms with Gasteiger partial charge in [0.15, 0.2) is 0 Å². The number of aliphatic hydroxyl groups is 1. The van der Waals surface area contributed by atoms with Gasteiger partial charge in [-0.1, -0.05) is 19.3 Å². The summed E-state index contributed by atoms with van der Waals surface area (Å²) in [5.74, 6) is 0. The molecule has 0 radical (unpaired) electrons. The third-order valence-corrected chi connectivity index (χ3v) is 3.23. The van der Waals surface area contributed by atoms with Crippen molar-refractivity contribution in [2.24, 2.45) is 0 Å². The maximum atomic E-state index is 9.55. The Bertz CT molecular complexity index is 144. The highest BCUT2D eigenvalue weighted by Crippen LogP contribution is 2.38. The fraction of sp³-hybridized carbons (Fsp3) is 1.00. The first-order chi connectivity index (χ1) is 5.81. The molecule has 1 aliphatic heterocycles. The Morgan fingerprint density at radius 2 is 1.92 bits per heavy atom. The van der Waals surface area contributed by atoms with Crippen LogP contribution in [0.4, 0.5) is 0 Å². The second kappa shape index (κ2) is 3.35. The normalized spacial score (nSPS) is 35.2. The van der Waals surface area contributed by atoms with Crippen molar-refractivity contribution >= 4 is 0 Å². The Balaban J connectivity index is 1.97. The van der Waals surface area contributed by atoms with Crippen LogP contribution in [-0.4, -0.2) is 23.4 Å². The molecule has 0 aromatic heterocycles. The highest BCUT2D eigenvalue weighted by atomic mass is 16.5. The van der Waals surface area contributed by atoms with Gasteiger partial charge in [-0.05, 0) is 19.3 Å².